The van der Waals surface area contributed by atoms with Crippen molar-refractivity contribution in [3.63, 3.8) is 0 Å². The van der Waals surface area contributed by atoms with E-state index in [0.29, 0.717) is 17.4 Å². The highest BCUT2D eigenvalue weighted by molar-refractivity contribution is 7.45. The molecule has 1 amide bonds. The number of carbonyl (C=O) groups excluding carboxylic acids is 1. The summed E-state index contributed by atoms with van der Waals surface area (Å²) < 4.78 is 23.5. The number of likely N-dealkylation sites (N-methyl/N-ethyl adjacent to an activating group) is 1. The van der Waals surface area contributed by atoms with Crippen molar-refractivity contribution in [1.82, 2.24) is 5.32 Å². The lowest BCUT2D eigenvalue weighted by atomic mass is 10.0. The van der Waals surface area contributed by atoms with E-state index in [1.165, 1.54) is 263 Å². The van der Waals surface area contributed by atoms with Crippen LogP contribution in [0, 0.1) is 0 Å². The molecule has 0 spiro atoms. The highest BCUT2D eigenvalue weighted by Gasteiger charge is 2.23. The van der Waals surface area contributed by atoms with Gasteiger partial charge < -0.3 is 28.8 Å². The van der Waals surface area contributed by atoms with Crippen molar-refractivity contribution in [3.05, 3.63) is 97.2 Å². The second-order valence-corrected chi connectivity index (χ2v) is 29.1. The normalized spacial score (nSPS) is 14.1. The summed E-state index contributed by atoms with van der Waals surface area (Å²) in [5.41, 5.74) is 0. The van der Waals surface area contributed by atoms with Gasteiger partial charge >= 0.3 is 0 Å². The number of hydrogen-bond donors (Lipinski definition) is 2. The zero-order chi connectivity index (χ0) is 66.2. The van der Waals surface area contributed by atoms with Crippen LogP contribution in [0.15, 0.2) is 97.2 Å². The molecular formula is C82H151N2O6P. The maximum Gasteiger partial charge on any atom is 0.268 e. The van der Waals surface area contributed by atoms with Crippen molar-refractivity contribution in [2.45, 2.75) is 379 Å². The summed E-state index contributed by atoms with van der Waals surface area (Å²) in [6, 6.07) is -0.891. The van der Waals surface area contributed by atoms with Crippen LogP contribution in [0.3, 0.4) is 0 Å². The quantitative estimate of drug-likeness (QED) is 0.0272. The lowest BCUT2D eigenvalue weighted by molar-refractivity contribution is -0.870. The van der Waals surface area contributed by atoms with Gasteiger partial charge in [-0.15, -0.1) is 0 Å². The number of phosphoric acid groups is 1. The Balaban J connectivity index is 3.98. The van der Waals surface area contributed by atoms with E-state index in [1.54, 1.807) is 6.08 Å². The fourth-order valence-corrected chi connectivity index (χ4v) is 12.3. The van der Waals surface area contributed by atoms with E-state index in [-0.39, 0.29) is 19.1 Å². The molecule has 91 heavy (non-hydrogen) atoms. The maximum atomic E-state index is 13.1. The van der Waals surface area contributed by atoms with Crippen LogP contribution in [0.2, 0.25) is 0 Å². The van der Waals surface area contributed by atoms with Gasteiger partial charge in [-0.2, -0.15) is 0 Å². The van der Waals surface area contributed by atoms with Gasteiger partial charge in [-0.1, -0.05) is 381 Å². The number of amides is 1. The Hall–Kier alpha value is -2.58. The summed E-state index contributed by atoms with van der Waals surface area (Å²) in [4.78, 5) is 25.7. The molecule has 0 aliphatic rings. The van der Waals surface area contributed by atoms with Crippen molar-refractivity contribution >= 4 is 13.7 Å². The standard InChI is InChI=1S/C82H151N2O6P/c1-6-8-10-12-14-16-18-20-22-24-26-28-30-32-34-36-37-38-39-40-41-42-43-44-45-46-47-48-50-52-54-56-58-60-62-64-66-68-70-72-74-76-82(86)83-80(79-90-91(87,88)89-78-77-84(3,4)5)81(85)75-73-71-69-67-65-63-61-59-57-55-53-51-49-35-33-31-29-27-25-23-21-19-17-15-13-11-9-7-2/h8,10,14,16,20,22,26,28,32,34,37-38,40-41,73,75,80-81,85H,6-7,9,11-13,15,17-19,21,23-25,27,29-31,33,35-36,39,42-72,74,76-79H2,1-5H3,(H-,83,86,87,88)/b10-8-,16-14-,22-20-,28-26-,34-32-,38-37-,41-40-,75-73+. The van der Waals surface area contributed by atoms with Gasteiger partial charge in [0.1, 0.15) is 13.2 Å². The Kier molecular flexibility index (Phi) is 69.7. The number of hydrogen-bond acceptors (Lipinski definition) is 6. The van der Waals surface area contributed by atoms with Crippen molar-refractivity contribution in [2.24, 2.45) is 0 Å². The molecule has 9 heteroatoms. The molecule has 0 aromatic heterocycles. The molecule has 0 aromatic rings. The van der Waals surface area contributed by atoms with Crippen LogP contribution in [-0.4, -0.2) is 68.5 Å². The molecule has 530 valence electrons. The zero-order valence-corrected chi connectivity index (χ0v) is 61.7. The molecule has 0 radical (unpaired) electrons. The van der Waals surface area contributed by atoms with Crippen molar-refractivity contribution < 1.29 is 32.9 Å². The fraction of sp³-hybridized carbons (Fsp3) is 0.793. The third kappa shape index (κ3) is 74.7. The van der Waals surface area contributed by atoms with Crippen LogP contribution in [0.5, 0.6) is 0 Å². The Bertz CT molecular complexity index is 1810. The van der Waals surface area contributed by atoms with E-state index in [2.05, 4.69) is 104 Å². The van der Waals surface area contributed by atoms with Crippen LogP contribution in [0.25, 0.3) is 0 Å². The third-order valence-electron chi connectivity index (χ3n) is 17.5. The molecule has 0 bridgehead atoms. The van der Waals surface area contributed by atoms with Gasteiger partial charge in [-0.25, -0.2) is 0 Å². The molecule has 0 aliphatic carbocycles. The molecule has 8 nitrogen and oxygen atoms in total. The average Bonchev–Trinajstić information content (AvgIpc) is 3.59. The van der Waals surface area contributed by atoms with Crippen LogP contribution >= 0.6 is 7.82 Å². The topological polar surface area (TPSA) is 108 Å². The summed E-state index contributed by atoms with van der Waals surface area (Å²) in [7, 11) is 1.27. The summed E-state index contributed by atoms with van der Waals surface area (Å²) in [6.07, 6.45) is 104. The second kappa shape index (κ2) is 71.7. The van der Waals surface area contributed by atoms with Gasteiger partial charge in [0.15, 0.2) is 0 Å². The second-order valence-electron chi connectivity index (χ2n) is 27.7. The lowest BCUT2D eigenvalue weighted by Gasteiger charge is -2.29. The summed E-state index contributed by atoms with van der Waals surface area (Å²) in [6.45, 7) is 4.58. The van der Waals surface area contributed by atoms with Crippen molar-refractivity contribution in [1.29, 1.82) is 0 Å². The summed E-state index contributed by atoms with van der Waals surface area (Å²) >= 11 is 0. The van der Waals surface area contributed by atoms with Gasteiger partial charge in [0, 0.05) is 6.42 Å². The van der Waals surface area contributed by atoms with Gasteiger partial charge in [0.2, 0.25) is 5.91 Å². The minimum absolute atomic E-state index is 0.00165. The van der Waals surface area contributed by atoms with Crippen LogP contribution in [0.4, 0.5) is 0 Å². The highest BCUT2D eigenvalue weighted by atomic mass is 31.2. The minimum atomic E-state index is -4.61. The smallest absolute Gasteiger partial charge is 0.268 e. The number of nitrogens with one attached hydrogen (secondary N) is 1. The number of phosphoric ester groups is 1. The van der Waals surface area contributed by atoms with E-state index in [0.717, 1.165) is 83.5 Å². The monoisotopic (exact) mass is 1290 g/mol. The number of allylic oxidation sites excluding steroid dienone is 15. The summed E-state index contributed by atoms with van der Waals surface area (Å²) in [5.74, 6) is -0.193. The molecule has 3 atom stereocenters. The van der Waals surface area contributed by atoms with E-state index >= 15 is 0 Å². The molecule has 0 saturated carbocycles. The molecule has 0 aromatic carbocycles. The number of nitrogens with zero attached hydrogens (tertiary/aromatic N) is 1. The van der Waals surface area contributed by atoms with Crippen LogP contribution in [-0.2, 0) is 18.4 Å². The van der Waals surface area contributed by atoms with Gasteiger partial charge in [0.25, 0.3) is 7.82 Å². The first-order valence-electron chi connectivity index (χ1n) is 39.1. The van der Waals surface area contributed by atoms with E-state index in [1.807, 2.05) is 27.2 Å². The number of aliphatic hydroxyl groups is 1. The molecular weight excluding hydrogens is 1140 g/mol. The predicted octanol–water partition coefficient (Wildman–Crippen LogP) is 25.0. The Morgan fingerprint density at radius 3 is 0.978 bits per heavy atom. The predicted molar refractivity (Wildman–Crippen MR) is 399 cm³/mol. The number of unbranched alkanes of at least 4 members (excludes halogenated alkanes) is 45. The van der Waals surface area contributed by atoms with Gasteiger partial charge in [-0.3, -0.25) is 9.36 Å². The van der Waals surface area contributed by atoms with Crippen LogP contribution in [0.1, 0.15) is 367 Å². The average molecular weight is 1290 g/mol. The number of aliphatic hydroxyl groups excluding tert-OH is 1. The molecule has 0 fully saturated rings. The van der Waals surface area contributed by atoms with Gasteiger partial charge in [0.05, 0.1) is 39.9 Å². The van der Waals surface area contributed by atoms with Crippen molar-refractivity contribution in [3.8, 4) is 0 Å². The molecule has 3 unspecified atom stereocenters. The Labute approximate surface area is 566 Å². The SMILES string of the molecule is CC/C=C\C/C=C\C/C=C\C/C=C\C/C=C\C/C=C\C/C=C\CCCCCCCCCCCCCCCCCCCCCC(=O)NC(COP(=O)([O-])OCC[N+](C)(C)C)C(O)/C=C/CCCCCCCCCCCCCCCCCCCCCCCCCCCC. The Morgan fingerprint density at radius 1 is 0.396 bits per heavy atom. The Morgan fingerprint density at radius 2 is 0.670 bits per heavy atom. The lowest BCUT2D eigenvalue weighted by Crippen LogP contribution is -2.45. The molecule has 0 saturated heterocycles. The first-order chi connectivity index (χ1) is 44.5. The largest absolute Gasteiger partial charge is 0.756 e. The van der Waals surface area contributed by atoms with Gasteiger partial charge in [-0.05, 0) is 77.0 Å². The first-order valence-corrected chi connectivity index (χ1v) is 40.6. The third-order valence-corrected chi connectivity index (χ3v) is 18.5. The number of carbonyl (C=O) groups is 1. The van der Waals surface area contributed by atoms with Crippen LogP contribution < -0.4 is 10.2 Å². The first kappa shape index (κ1) is 88.4. The minimum Gasteiger partial charge on any atom is -0.756 e. The van der Waals surface area contributed by atoms with E-state index < -0.39 is 20.0 Å². The molecule has 0 heterocycles. The number of rotatable bonds is 72. The van der Waals surface area contributed by atoms with Crippen molar-refractivity contribution in [2.75, 3.05) is 40.9 Å². The fourth-order valence-electron chi connectivity index (χ4n) is 11.6. The number of quaternary nitrogens is 1. The highest BCUT2D eigenvalue weighted by Crippen LogP contribution is 2.38. The van der Waals surface area contributed by atoms with E-state index in [9.17, 15) is 19.4 Å². The molecule has 0 aliphatic heterocycles. The molecule has 2 N–H and O–H groups in total. The maximum absolute atomic E-state index is 13.1. The van der Waals surface area contributed by atoms with E-state index in [4.69, 9.17) is 9.05 Å². The summed E-state index contributed by atoms with van der Waals surface area (Å²) in [5, 5.41) is 14.0. The molecule has 0 rings (SSSR count). The zero-order valence-electron chi connectivity index (χ0n) is 60.8.